The molecule has 0 radical (unpaired) electrons. The summed E-state index contributed by atoms with van der Waals surface area (Å²) >= 11 is 0. The summed E-state index contributed by atoms with van der Waals surface area (Å²) in [7, 11) is 1.29. The summed E-state index contributed by atoms with van der Waals surface area (Å²) in [5.74, 6) is -0.126. The number of nitrogens with zero attached hydrogens (tertiary/aromatic N) is 1. The number of carbonyl (C=O) groups excluding carboxylic acids is 2. The maximum atomic E-state index is 12.9. The molecule has 1 aromatic rings. The van der Waals surface area contributed by atoms with Crippen molar-refractivity contribution in [1.29, 1.82) is 0 Å². The van der Waals surface area contributed by atoms with Crippen LogP contribution in [0.5, 0.6) is 0 Å². The Bertz CT molecular complexity index is 606. The van der Waals surface area contributed by atoms with Crippen LogP contribution in [0.1, 0.15) is 32.3 Å². The van der Waals surface area contributed by atoms with Crippen LogP contribution >= 0.6 is 0 Å². The van der Waals surface area contributed by atoms with Gasteiger partial charge in [0.2, 0.25) is 5.91 Å². The molecular weight excluding hydrogens is 320 g/mol. The standard InChI is InChI=1S/C18H28N4O3/c1-12(2)16(19-18(24)25-4)17(23)22-10-6-9-15(22)21-20-14-8-5-7-13(3)11-14/h5,7-8,11-12,15-16,20-21H,6,9-10H2,1-4H3,(H,19,24). The molecule has 2 rings (SSSR count). The van der Waals surface area contributed by atoms with Gasteiger partial charge in [-0.25, -0.2) is 10.2 Å². The van der Waals surface area contributed by atoms with E-state index in [1.54, 1.807) is 4.90 Å². The summed E-state index contributed by atoms with van der Waals surface area (Å²) < 4.78 is 4.64. The van der Waals surface area contributed by atoms with E-state index in [1.165, 1.54) is 7.11 Å². The lowest BCUT2D eigenvalue weighted by atomic mass is 10.0. The molecule has 0 spiro atoms. The lowest BCUT2D eigenvalue weighted by Crippen LogP contribution is -2.55. The number of nitrogens with one attached hydrogen (secondary N) is 3. The average Bonchev–Trinajstić information content (AvgIpc) is 3.05. The molecule has 0 saturated carbocycles. The summed E-state index contributed by atoms with van der Waals surface area (Å²) in [5.41, 5.74) is 8.52. The van der Waals surface area contributed by atoms with Crippen LogP contribution < -0.4 is 16.2 Å². The highest BCUT2D eigenvalue weighted by Crippen LogP contribution is 2.19. The van der Waals surface area contributed by atoms with Gasteiger partial charge in [0.25, 0.3) is 0 Å². The number of hydrogen-bond acceptors (Lipinski definition) is 5. The van der Waals surface area contributed by atoms with Gasteiger partial charge >= 0.3 is 6.09 Å². The van der Waals surface area contributed by atoms with Crippen molar-refractivity contribution in [2.24, 2.45) is 5.92 Å². The molecule has 1 saturated heterocycles. The lowest BCUT2D eigenvalue weighted by molar-refractivity contribution is -0.135. The maximum absolute atomic E-state index is 12.9. The zero-order chi connectivity index (χ0) is 18.4. The molecule has 0 aliphatic carbocycles. The molecular formula is C18H28N4O3. The third kappa shape index (κ3) is 5.09. The number of amides is 2. The van der Waals surface area contributed by atoms with Crippen LogP contribution in [0.3, 0.4) is 0 Å². The molecule has 2 unspecified atom stereocenters. The van der Waals surface area contributed by atoms with E-state index < -0.39 is 12.1 Å². The van der Waals surface area contributed by atoms with Gasteiger partial charge in [-0.05, 0) is 43.4 Å². The molecule has 1 fully saturated rings. The van der Waals surface area contributed by atoms with Crippen molar-refractivity contribution >= 4 is 17.7 Å². The zero-order valence-corrected chi connectivity index (χ0v) is 15.3. The van der Waals surface area contributed by atoms with Gasteiger partial charge in [-0.15, -0.1) is 0 Å². The number of anilines is 1. The Kier molecular flexibility index (Phi) is 6.64. The van der Waals surface area contributed by atoms with Gasteiger partial charge in [-0.3, -0.25) is 4.79 Å². The molecule has 0 bridgehead atoms. The van der Waals surface area contributed by atoms with E-state index in [2.05, 4.69) is 20.9 Å². The highest BCUT2D eigenvalue weighted by atomic mass is 16.5. The largest absolute Gasteiger partial charge is 0.453 e. The quantitative estimate of drug-likeness (QED) is 0.687. The van der Waals surface area contributed by atoms with Crippen LogP contribution in [-0.4, -0.2) is 42.8 Å². The number of ether oxygens (including phenoxy) is 1. The first-order valence-electron chi connectivity index (χ1n) is 8.65. The highest BCUT2D eigenvalue weighted by molar-refractivity contribution is 5.86. The predicted octanol–water partition coefficient (Wildman–Crippen LogP) is 2.24. The molecule has 2 atom stereocenters. The Morgan fingerprint density at radius 2 is 2.08 bits per heavy atom. The number of hydrazine groups is 1. The van der Waals surface area contributed by atoms with Crippen molar-refractivity contribution in [2.45, 2.75) is 45.8 Å². The predicted molar refractivity (Wildman–Crippen MR) is 96.8 cm³/mol. The fourth-order valence-electron chi connectivity index (χ4n) is 2.95. The van der Waals surface area contributed by atoms with Crippen molar-refractivity contribution in [2.75, 3.05) is 19.1 Å². The average molecular weight is 348 g/mol. The minimum Gasteiger partial charge on any atom is -0.453 e. The minimum atomic E-state index is -0.603. The van der Waals surface area contributed by atoms with Crippen LogP contribution in [-0.2, 0) is 9.53 Å². The third-order valence-corrected chi connectivity index (χ3v) is 4.33. The van der Waals surface area contributed by atoms with Crippen LogP contribution in [0.25, 0.3) is 0 Å². The van der Waals surface area contributed by atoms with E-state index in [0.717, 1.165) is 24.1 Å². The summed E-state index contributed by atoms with van der Waals surface area (Å²) in [4.78, 5) is 26.2. The minimum absolute atomic E-state index is 0.0300. The number of methoxy groups -OCH3 is 1. The van der Waals surface area contributed by atoms with Gasteiger partial charge in [-0.1, -0.05) is 26.0 Å². The van der Waals surface area contributed by atoms with Crippen LogP contribution in [0.4, 0.5) is 10.5 Å². The fraction of sp³-hybridized carbons (Fsp3) is 0.556. The second kappa shape index (κ2) is 8.71. The molecule has 1 aliphatic rings. The fourth-order valence-corrected chi connectivity index (χ4v) is 2.95. The van der Waals surface area contributed by atoms with Gasteiger partial charge < -0.3 is 20.4 Å². The Hall–Kier alpha value is -2.28. The van der Waals surface area contributed by atoms with E-state index in [0.29, 0.717) is 6.54 Å². The second-order valence-corrected chi connectivity index (χ2v) is 6.69. The van der Waals surface area contributed by atoms with Crippen LogP contribution in [0.2, 0.25) is 0 Å². The van der Waals surface area contributed by atoms with E-state index in [-0.39, 0.29) is 18.0 Å². The Morgan fingerprint density at radius 3 is 2.72 bits per heavy atom. The molecule has 7 heteroatoms. The second-order valence-electron chi connectivity index (χ2n) is 6.69. The molecule has 25 heavy (non-hydrogen) atoms. The van der Waals surface area contributed by atoms with Crippen LogP contribution in [0.15, 0.2) is 24.3 Å². The number of alkyl carbamates (subject to hydrolysis) is 1. The molecule has 0 aromatic heterocycles. The topological polar surface area (TPSA) is 82.7 Å². The van der Waals surface area contributed by atoms with E-state index in [4.69, 9.17) is 0 Å². The van der Waals surface area contributed by atoms with Gasteiger partial charge in [0, 0.05) is 12.2 Å². The van der Waals surface area contributed by atoms with Gasteiger partial charge in [0.05, 0.1) is 13.3 Å². The summed E-state index contributed by atoms with van der Waals surface area (Å²) in [6, 6.07) is 7.41. The smallest absolute Gasteiger partial charge is 0.407 e. The summed E-state index contributed by atoms with van der Waals surface area (Å²) in [5, 5.41) is 2.64. The van der Waals surface area contributed by atoms with E-state index >= 15 is 0 Å². The molecule has 1 heterocycles. The van der Waals surface area contributed by atoms with Crippen molar-refractivity contribution in [3.05, 3.63) is 29.8 Å². The van der Waals surface area contributed by atoms with E-state index in [1.807, 2.05) is 45.0 Å². The molecule has 2 amide bonds. The van der Waals surface area contributed by atoms with Crippen molar-refractivity contribution < 1.29 is 14.3 Å². The summed E-state index contributed by atoms with van der Waals surface area (Å²) in [6.45, 7) is 6.50. The Morgan fingerprint density at radius 1 is 1.32 bits per heavy atom. The lowest BCUT2D eigenvalue weighted by Gasteiger charge is -2.31. The van der Waals surface area contributed by atoms with Gasteiger partial charge in [-0.2, -0.15) is 0 Å². The Balaban J connectivity index is 2.00. The number of rotatable bonds is 6. The Labute approximate surface area is 149 Å². The molecule has 138 valence electrons. The van der Waals surface area contributed by atoms with E-state index in [9.17, 15) is 9.59 Å². The van der Waals surface area contributed by atoms with Gasteiger partial charge in [0.1, 0.15) is 6.04 Å². The molecule has 1 aliphatic heterocycles. The molecule has 1 aromatic carbocycles. The van der Waals surface area contributed by atoms with Gasteiger partial charge in [0.15, 0.2) is 0 Å². The number of benzene rings is 1. The zero-order valence-electron chi connectivity index (χ0n) is 15.3. The monoisotopic (exact) mass is 348 g/mol. The first-order chi connectivity index (χ1) is 11.9. The maximum Gasteiger partial charge on any atom is 0.407 e. The number of hydrogen-bond donors (Lipinski definition) is 3. The van der Waals surface area contributed by atoms with Crippen LogP contribution in [0, 0.1) is 12.8 Å². The summed E-state index contributed by atoms with van der Waals surface area (Å²) in [6.07, 6.45) is 1.07. The number of aryl methyl sites for hydroxylation is 1. The normalized spacial score (nSPS) is 18.1. The van der Waals surface area contributed by atoms with Crippen molar-refractivity contribution in [3.63, 3.8) is 0 Å². The first kappa shape index (κ1) is 19.1. The SMILES string of the molecule is COC(=O)NC(C(=O)N1CCCC1NNc1cccc(C)c1)C(C)C. The van der Waals surface area contributed by atoms with Crippen molar-refractivity contribution in [3.8, 4) is 0 Å². The third-order valence-electron chi connectivity index (χ3n) is 4.33. The first-order valence-corrected chi connectivity index (χ1v) is 8.65. The highest BCUT2D eigenvalue weighted by Gasteiger charge is 2.35. The molecule has 7 nitrogen and oxygen atoms in total. The van der Waals surface area contributed by atoms with Crippen molar-refractivity contribution in [1.82, 2.24) is 15.6 Å². The number of likely N-dealkylation sites (tertiary alicyclic amines) is 1. The number of carbonyl (C=O) groups is 2. The molecule has 3 N–H and O–H groups in total.